The molecule has 1 atom stereocenters. The second kappa shape index (κ2) is 4.02. The molecule has 1 heterocycles. The van der Waals surface area contributed by atoms with Gasteiger partial charge in [-0.1, -0.05) is 30.3 Å². The van der Waals surface area contributed by atoms with E-state index in [-0.39, 0.29) is 5.95 Å². The molecular weight excluding hydrogens is 184 g/mol. The van der Waals surface area contributed by atoms with E-state index >= 15 is 0 Å². The molecule has 0 aromatic heterocycles. The molecule has 1 aromatic carbocycles. The number of hydrogen-bond acceptors (Lipinski definition) is 4. The first-order chi connectivity index (χ1) is 6.90. The molecule has 1 unspecified atom stereocenters. The summed E-state index contributed by atoms with van der Waals surface area (Å²) in [5.74, 6) is 0.196. The van der Waals surface area contributed by atoms with Crippen molar-refractivity contribution in [3.05, 3.63) is 48.1 Å². The zero-order chi connectivity index (χ0) is 9.80. The summed E-state index contributed by atoms with van der Waals surface area (Å²) in [6.07, 6.45) is 0.867. The van der Waals surface area contributed by atoms with Crippen molar-refractivity contribution in [1.82, 2.24) is 0 Å². The molecule has 0 saturated heterocycles. The largest absolute Gasteiger partial charge is 0.451 e. The van der Waals surface area contributed by atoms with Gasteiger partial charge in [0.1, 0.15) is 0 Å². The van der Waals surface area contributed by atoms with Crippen molar-refractivity contribution < 1.29 is 19.3 Å². The van der Waals surface area contributed by atoms with Gasteiger partial charge in [0.25, 0.3) is 6.29 Å². The average molecular weight is 194 g/mol. The van der Waals surface area contributed by atoms with Crippen LogP contribution in [0.1, 0.15) is 11.9 Å². The van der Waals surface area contributed by atoms with Gasteiger partial charge in [-0.05, 0) is 0 Å². The van der Waals surface area contributed by atoms with Crippen molar-refractivity contribution >= 4 is 0 Å². The Morgan fingerprint density at radius 2 is 2.07 bits per heavy atom. The molecule has 1 aliphatic heterocycles. The first-order valence-corrected chi connectivity index (χ1v) is 4.21. The topological polar surface area (TPSA) is 47.9 Å². The number of ether oxygens (including phenoxy) is 3. The predicted molar refractivity (Wildman–Crippen MR) is 47.6 cm³/mol. The van der Waals surface area contributed by atoms with Gasteiger partial charge in [0.05, 0.1) is 0 Å². The first kappa shape index (κ1) is 8.90. The maximum absolute atomic E-state index is 8.48. The van der Waals surface area contributed by atoms with Crippen molar-refractivity contribution in [2.45, 2.75) is 6.29 Å². The molecule has 4 nitrogen and oxygen atoms in total. The summed E-state index contributed by atoms with van der Waals surface area (Å²) in [5, 5.41) is 8.48. The fraction of sp³-hybridized carbons (Fsp3) is 0.200. The standard InChI is InChI=1S/C10H10O4/c11-7-13-9-6-12-10(14-9)8-4-2-1-3-5-8/h1-6,10-11H,7H2. The van der Waals surface area contributed by atoms with E-state index in [9.17, 15) is 0 Å². The monoisotopic (exact) mass is 194 g/mol. The van der Waals surface area contributed by atoms with Crippen LogP contribution in [0.4, 0.5) is 0 Å². The van der Waals surface area contributed by atoms with Crippen LogP contribution in [0.25, 0.3) is 0 Å². The van der Waals surface area contributed by atoms with Crippen molar-refractivity contribution in [1.29, 1.82) is 0 Å². The molecule has 0 bridgehead atoms. The minimum Gasteiger partial charge on any atom is -0.451 e. The van der Waals surface area contributed by atoms with E-state index in [1.165, 1.54) is 6.26 Å². The van der Waals surface area contributed by atoms with E-state index < -0.39 is 13.1 Å². The Labute approximate surface area is 81.3 Å². The Balaban J connectivity index is 1.99. The maximum atomic E-state index is 8.48. The highest BCUT2D eigenvalue weighted by atomic mass is 16.8. The lowest BCUT2D eigenvalue weighted by atomic mass is 10.2. The molecule has 0 saturated carbocycles. The lowest BCUT2D eigenvalue weighted by Crippen LogP contribution is -2.00. The summed E-state index contributed by atoms with van der Waals surface area (Å²) in [6.45, 7) is -0.420. The quantitative estimate of drug-likeness (QED) is 0.741. The summed E-state index contributed by atoms with van der Waals surface area (Å²) < 4.78 is 15.2. The number of benzene rings is 1. The first-order valence-electron chi connectivity index (χ1n) is 4.21. The third-order valence-electron chi connectivity index (χ3n) is 1.79. The van der Waals surface area contributed by atoms with Gasteiger partial charge in [-0.3, -0.25) is 0 Å². The summed E-state index contributed by atoms with van der Waals surface area (Å²) in [7, 11) is 0. The predicted octanol–water partition coefficient (Wildman–Crippen LogP) is 1.50. The summed E-state index contributed by atoms with van der Waals surface area (Å²) in [6, 6.07) is 9.48. The van der Waals surface area contributed by atoms with E-state index in [1.807, 2.05) is 30.3 Å². The lowest BCUT2D eigenvalue weighted by molar-refractivity contribution is -0.0956. The molecule has 0 fully saturated rings. The van der Waals surface area contributed by atoms with E-state index in [4.69, 9.17) is 19.3 Å². The fourth-order valence-corrected chi connectivity index (χ4v) is 1.17. The minimum absolute atomic E-state index is 0.196. The number of aliphatic hydroxyl groups excluding tert-OH is 1. The van der Waals surface area contributed by atoms with Gasteiger partial charge in [0, 0.05) is 5.56 Å². The molecule has 0 aliphatic carbocycles. The highest BCUT2D eigenvalue weighted by Gasteiger charge is 2.21. The zero-order valence-corrected chi connectivity index (χ0v) is 7.42. The number of hydrogen-bond donors (Lipinski definition) is 1. The van der Waals surface area contributed by atoms with Crippen LogP contribution in [0.3, 0.4) is 0 Å². The Kier molecular flexibility index (Phi) is 2.55. The molecule has 74 valence electrons. The SMILES string of the molecule is OCOC1=COC(c2ccccc2)O1. The van der Waals surface area contributed by atoms with Gasteiger partial charge in [0.15, 0.2) is 13.1 Å². The van der Waals surface area contributed by atoms with Crippen LogP contribution in [0.15, 0.2) is 42.5 Å². The van der Waals surface area contributed by atoms with E-state index in [1.54, 1.807) is 0 Å². The molecule has 1 aromatic rings. The minimum atomic E-state index is -0.474. The highest BCUT2D eigenvalue weighted by molar-refractivity contribution is 5.17. The van der Waals surface area contributed by atoms with Crippen molar-refractivity contribution in [2.75, 3.05) is 6.79 Å². The Hall–Kier alpha value is -1.68. The molecule has 0 radical (unpaired) electrons. The van der Waals surface area contributed by atoms with Crippen LogP contribution in [-0.2, 0) is 14.2 Å². The van der Waals surface area contributed by atoms with Crippen LogP contribution >= 0.6 is 0 Å². The third kappa shape index (κ3) is 1.80. The Bertz CT molecular complexity index is 320. The second-order valence-corrected chi connectivity index (χ2v) is 2.71. The Morgan fingerprint density at radius 3 is 2.79 bits per heavy atom. The van der Waals surface area contributed by atoms with E-state index in [0.29, 0.717) is 0 Å². The molecule has 0 spiro atoms. The van der Waals surface area contributed by atoms with Crippen molar-refractivity contribution in [3.8, 4) is 0 Å². The lowest BCUT2D eigenvalue weighted by Gasteiger charge is -2.10. The molecule has 0 amide bonds. The van der Waals surface area contributed by atoms with Crippen molar-refractivity contribution in [3.63, 3.8) is 0 Å². The smallest absolute Gasteiger partial charge is 0.321 e. The van der Waals surface area contributed by atoms with E-state index in [0.717, 1.165) is 5.56 Å². The van der Waals surface area contributed by atoms with E-state index in [2.05, 4.69) is 0 Å². The molecule has 1 aliphatic rings. The summed E-state index contributed by atoms with van der Waals surface area (Å²) in [5.41, 5.74) is 0.903. The zero-order valence-electron chi connectivity index (χ0n) is 7.42. The van der Waals surface area contributed by atoms with Gasteiger partial charge in [-0.2, -0.15) is 0 Å². The Morgan fingerprint density at radius 1 is 1.29 bits per heavy atom. The maximum Gasteiger partial charge on any atom is 0.321 e. The van der Waals surface area contributed by atoms with Crippen LogP contribution in [-0.4, -0.2) is 11.9 Å². The van der Waals surface area contributed by atoms with Crippen LogP contribution < -0.4 is 0 Å². The van der Waals surface area contributed by atoms with Crippen LogP contribution in [0.2, 0.25) is 0 Å². The molecular formula is C10H10O4. The average Bonchev–Trinajstić information content (AvgIpc) is 2.68. The normalized spacial score (nSPS) is 19.5. The van der Waals surface area contributed by atoms with Gasteiger partial charge >= 0.3 is 5.95 Å². The summed E-state index contributed by atoms with van der Waals surface area (Å²) in [4.78, 5) is 0. The van der Waals surface area contributed by atoms with Gasteiger partial charge in [-0.15, -0.1) is 0 Å². The molecule has 4 heteroatoms. The van der Waals surface area contributed by atoms with Gasteiger partial charge < -0.3 is 19.3 Å². The fourth-order valence-electron chi connectivity index (χ4n) is 1.17. The number of aliphatic hydroxyl groups is 1. The van der Waals surface area contributed by atoms with Crippen LogP contribution in [0, 0.1) is 0 Å². The van der Waals surface area contributed by atoms with Gasteiger partial charge in [0.2, 0.25) is 0 Å². The second-order valence-electron chi connectivity index (χ2n) is 2.71. The molecule has 14 heavy (non-hydrogen) atoms. The number of rotatable bonds is 3. The van der Waals surface area contributed by atoms with Crippen molar-refractivity contribution in [2.24, 2.45) is 0 Å². The third-order valence-corrected chi connectivity index (χ3v) is 1.79. The van der Waals surface area contributed by atoms with Gasteiger partial charge in [-0.25, -0.2) is 0 Å². The van der Waals surface area contributed by atoms with Crippen LogP contribution in [0.5, 0.6) is 0 Å². The molecule has 2 rings (SSSR count). The summed E-state index contributed by atoms with van der Waals surface area (Å²) >= 11 is 0. The highest BCUT2D eigenvalue weighted by Crippen LogP contribution is 2.28. The molecule has 1 N–H and O–H groups in total.